The van der Waals surface area contributed by atoms with Crippen LogP contribution in [0.1, 0.15) is 23.6 Å². The minimum Gasteiger partial charge on any atom is -0.339 e. The summed E-state index contributed by atoms with van der Waals surface area (Å²) in [5.74, 6) is -0.639. The van der Waals surface area contributed by atoms with Gasteiger partial charge in [-0.3, -0.25) is 9.59 Å². The lowest BCUT2D eigenvalue weighted by Gasteiger charge is -2.33. The van der Waals surface area contributed by atoms with Crippen LogP contribution in [-0.2, 0) is 21.9 Å². The maximum absolute atomic E-state index is 13.7. The largest absolute Gasteiger partial charge is 0.417 e. The molecule has 0 atom stereocenters. The molecule has 0 aromatic heterocycles. The summed E-state index contributed by atoms with van der Waals surface area (Å²) in [5.41, 5.74) is -3.88. The van der Waals surface area contributed by atoms with Gasteiger partial charge in [0.2, 0.25) is 11.8 Å². The summed E-state index contributed by atoms with van der Waals surface area (Å²) < 4.78 is 81.8. The van der Waals surface area contributed by atoms with Crippen molar-refractivity contribution in [2.24, 2.45) is 0 Å². The second kappa shape index (κ2) is 9.29. The topological polar surface area (TPSA) is 40.6 Å². The minimum absolute atomic E-state index is 0.130. The van der Waals surface area contributed by atoms with Crippen LogP contribution in [0.5, 0.6) is 0 Å². The summed E-state index contributed by atoms with van der Waals surface area (Å²) >= 11 is 0. The molecule has 33 heavy (non-hydrogen) atoms. The number of nitrogens with zero attached hydrogens (tertiary/aromatic N) is 2. The van der Waals surface area contributed by atoms with Crippen LogP contribution < -0.4 is 0 Å². The normalized spacial score (nSPS) is 15.2. The van der Waals surface area contributed by atoms with Gasteiger partial charge < -0.3 is 9.80 Å². The quantitative estimate of drug-likeness (QED) is 0.463. The lowest BCUT2D eigenvalue weighted by atomic mass is 9.90. The van der Waals surface area contributed by atoms with Crippen molar-refractivity contribution in [1.82, 2.24) is 9.80 Å². The molecule has 0 saturated carbocycles. The Morgan fingerprint density at radius 3 is 1.91 bits per heavy atom. The summed E-state index contributed by atoms with van der Waals surface area (Å²) in [6.45, 7) is 2.54. The number of halogens is 6. The fourth-order valence-electron chi connectivity index (χ4n) is 3.70. The molecule has 176 valence electrons. The lowest BCUT2D eigenvalue weighted by Crippen LogP contribution is -2.49. The fraction of sp³-hybridized carbons (Fsp3) is 0.304. The van der Waals surface area contributed by atoms with E-state index >= 15 is 0 Å². The SMILES string of the molecule is CC(=O)N1CCN(C(=O)/C=C/c2cccc(C(F)(F)F)c2-c2ccccc2C(F)(F)F)CC1. The van der Waals surface area contributed by atoms with Crippen molar-refractivity contribution >= 4 is 17.9 Å². The Labute approximate surface area is 186 Å². The van der Waals surface area contributed by atoms with E-state index in [1.807, 2.05) is 0 Å². The number of piperazine rings is 1. The van der Waals surface area contributed by atoms with Gasteiger partial charge in [0.1, 0.15) is 0 Å². The second-order valence-electron chi connectivity index (χ2n) is 7.48. The molecule has 1 heterocycles. The molecule has 4 nitrogen and oxygen atoms in total. The molecule has 0 aliphatic carbocycles. The standard InChI is InChI=1S/C23H20F6N2O2/c1-15(32)30-11-13-31(14-12-30)20(33)10-9-16-5-4-8-19(23(27,28)29)21(16)17-6-2-3-7-18(17)22(24,25)26/h2-10H,11-14H2,1H3/b10-9+. The molecule has 1 aliphatic rings. The molecule has 2 aromatic carbocycles. The molecule has 2 amide bonds. The first-order valence-corrected chi connectivity index (χ1v) is 9.99. The molecule has 2 aromatic rings. The molecule has 0 N–H and O–H groups in total. The van der Waals surface area contributed by atoms with E-state index in [9.17, 15) is 35.9 Å². The number of hydrogen-bond donors (Lipinski definition) is 0. The van der Waals surface area contributed by atoms with Crippen LogP contribution in [0.4, 0.5) is 26.3 Å². The van der Waals surface area contributed by atoms with E-state index in [4.69, 9.17) is 0 Å². The van der Waals surface area contributed by atoms with E-state index in [1.165, 1.54) is 24.0 Å². The van der Waals surface area contributed by atoms with E-state index in [2.05, 4.69) is 0 Å². The van der Waals surface area contributed by atoms with Crippen LogP contribution in [0.15, 0.2) is 48.5 Å². The lowest BCUT2D eigenvalue weighted by molar-refractivity contribution is -0.139. The van der Waals surface area contributed by atoms with Gasteiger partial charge in [0.05, 0.1) is 11.1 Å². The predicted molar refractivity (Wildman–Crippen MR) is 110 cm³/mol. The Balaban J connectivity index is 2.01. The summed E-state index contributed by atoms with van der Waals surface area (Å²) in [7, 11) is 0. The average Bonchev–Trinajstić information content (AvgIpc) is 2.76. The maximum Gasteiger partial charge on any atom is 0.417 e. The van der Waals surface area contributed by atoms with Gasteiger partial charge in [-0.15, -0.1) is 0 Å². The molecule has 0 unspecified atom stereocenters. The van der Waals surface area contributed by atoms with Gasteiger partial charge in [-0.25, -0.2) is 0 Å². The molecule has 0 spiro atoms. The molecular weight excluding hydrogens is 450 g/mol. The summed E-state index contributed by atoms with van der Waals surface area (Å²) in [5, 5.41) is 0. The Hall–Kier alpha value is -3.30. The Bertz CT molecular complexity index is 1070. The number of rotatable bonds is 3. The number of hydrogen-bond acceptors (Lipinski definition) is 2. The zero-order valence-electron chi connectivity index (χ0n) is 17.5. The molecule has 1 fully saturated rings. The number of carbonyl (C=O) groups excluding carboxylic acids is 2. The highest BCUT2D eigenvalue weighted by atomic mass is 19.4. The van der Waals surface area contributed by atoms with Gasteiger partial charge in [0, 0.05) is 44.7 Å². The molecule has 0 radical (unpaired) electrons. The number of carbonyl (C=O) groups is 2. The van der Waals surface area contributed by atoms with Gasteiger partial charge in [-0.2, -0.15) is 26.3 Å². The predicted octanol–water partition coefficient (Wildman–Crippen LogP) is 5.10. The first-order chi connectivity index (χ1) is 15.4. The first kappa shape index (κ1) is 24.3. The third-order valence-corrected chi connectivity index (χ3v) is 5.35. The third kappa shape index (κ3) is 5.55. The van der Waals surface area contributed by atoms with Crippen molar-refractivity contribution in [3.8, 4) is 11.1 Å². The molecule has 0 bridgehead atoms. The van der Waals surface area contributed by atoms with Crippen molar-refractivity contribution < 1.29 is 35.9 Å². The van der Waals surface area contributed by atoms with Crippen LogP contribution in [0.2, 0.25) is 0 Å². The van der Waals surface area contributed by atoms with Crippen molar-refractivity contribution in [1.29, 1.82) is 0 Å². The summed E-state index contributed by atoms with van der Waals surface area (Å²) in [4.78, 5) is 26.9. The number of alkyl halides is 6. The van der Waals surface area contributed by atoms with Crippen LogP contribution in [0, 0.1) is 0 Å². The van der Waals surface area contributed by atoms with Gasteiger partial charge >= 0.3 is 12.4 Å². The van der Waals surface area contributed by atoms with E-state index in [0.717, 1.165) is 36.4 Å². The number of benzene rings is 2. The van der Waals surface area contributed by atoms with Gasteiger partial charge in [0.15, 0.2) is 0 Å². The highest BCUT2D eigenvalue weighted by molar-refractivity contribution is 5.94. The Morgan fingerprint density at radius 2 is 1.33 bits per heavy atom. The first-order valence-electron chi connectivity index (χ1n) is 9.99. The zero-order chi connectivity index (χ0) is 24.4. The molecular formula is C23H20F6N2O2. The minimum atomic E-state index is -4.91. The number of amides is 2. The van der Waals surface area contributed by atoms with Crippen molar-refractivity contribution in [3.05, 3.63) is 65.2 Å². The van der Waals surface area contributed by atoms with Crippen molar-refractivity contribution in [2.45, 2.75) is 19.3 Å². The third-order valence-electron chi connectivity index (χ3n) is 5.35. The summed E-state index contributed by atoms with van der Waals surface area (Å²) in [6.07, 6.45) is -7.65. The van der Waals surface area contributed by atoms with Crippen molar-refractivity contribution in [2.75, 3.05) is 26.2 Å². The Kier molecular flexibility index (Phi) is 6.85. The maximum atomic E-state index is 13.7. The monoisotopic (exact) mass is 470 g/mol. The van der Waals surface area contributed by atoms with E-state index < -0.39 is 40.5 Å². The van der Waals surface area contributed by atoms with Crippen LogP contribution in [-0.4, -0.2) is 47.8 Å². The zero-order valence-corrected chi connectivity index (χ0v) is 17.5. The van der Waals surface area contributed by atoms with Crippen LogP contribution in [0.3, 0.4) is 0 Å². The smallest absolute Gasteiger partial charge is 0.339 e. The van der Waals surface area contributed by atoms with Gasteiger partial charge in [0.25, 0.3) is 0 Å². The van der Waals surface area contributed by atoms with Crippen LogP contribution in [0.25, 0.3) is 17.2 Å². The molecule has 3 rings (SSSR count). The summed E-state index contributed by atoms with van der Waals surface area (Å²) in [6, 6.07) is 7.05. The van der Waals surface area contributed by atoms with Crippen molar-refractivity contribution in [3.63, 3.8) is 0 Å². The van der Waals surface area contributed by atoms with Gasteiger partial charge in [-0.05, 0) is 29.3 Å². The molecule has 1 saturated heterocycles. The highest BCUT2D eigenvalue weighted by Crippen LogP contribution is 2.44. The molecule has 1 aliphatic heterocycles. The van der Waals surface area contributed by atoms with E-state index in [0.29, 0.717) is 19.2 Å². The fourth-order valence-corrected chi connectivity index (χ4v) is 3.70. The average molecular weight is 470 g/mol. The highest BCUT2D eigenvalue weighted by Gasteiger charge is 2.38. The van der Waals surface area contributed by atoms with E-state index in [1.54, 1.807) is 4.90 Å². The molecule has 10 heteroatoms. The van der Waals surface area contributed by atoms with E-state index in [-0.39, 0.29) is 24.6 Å². The second-order valence-corrected chi connectivity index (χ2v) is 7.48. The Morgan fingerprint density at radius 1 is 0.788 bits per heavy atom. The van der Waals surface area contributed by atoms with Gasteiger partial charge in [-0.1, -0.05) is 30.3 Å². The van der Waals surface area contributed by atoms with Crippen LogP contribution >= 0.6 is 0 Å².